The van der Waals surface area contributed by atoms with Gasteiger partial charge in [0.25, 0.3) is 0 Å². The van der Waals surface area contributed by atoms with Crippen molar-refractivity contribution in [1.29, 1.82) is 0 Å². The molecule has 0 spiro atoms. The maximum atomic E-state index is 11.4. The molecule has 1 aliphatic rings. The van der Waals surface area contributed by atoms with Gasteiger partial charge in [-0.1, -0.05) is 0 Å². The van der Waals surface area contributed by atoms with E-state index >= 15 is 0 Å². The Morgan fingerprint density at radius 1 is 1.64 bits per heavy atom. The van der Waals surface area contributed by atoms with Crippen LogP contribution < -0.4 is 4.72 Å². The second kappa shape index (κ2) is 5.30. The first-order chi connectivity index (χ1) is 6.49. The molecule has 2 unspecified atom stereocenters. The number of hydrogen-bond acceptors (Lipinski definition) is 3. The Morgan fingerprint density at radius 2 is 2.36 bits per heavy atom. The predicted octanol–water partition coefficient (Wildman–Crippen LogP) is 0.712. The summed E-state index contributed by atoms with van der Waals surface area (Å²) in [6.07, 6.45) is 1.64. The molecule has 0 amide bonds. The minimum atomic E-state index is -3.22. The Bertz CT molecular complexity index is 260. The Morgan fingerprint density at radius 3 is 2.86 bits per heavy atom. The second-order valence-corrected chi connectivity index (χ2v) is 6.14. The maximum Gasteiger partial charge on any atom is 0.214 e. The topological polar surface area (TPSA) is 55.4 Å². The molecule has 1 heterocycles. The van der Waals surface area contributed by atoms with Crippen molar-refractivity contribution in [2.45, 2.75) is 31.2 Å². The van der Waals surface area contributed by atoms with Gasteiger partial charge < -0.3 is 4.74 Å². The lowest BCUT2D eigenvalue weighted by atomic mass is 10.3. The van der Waals surface area contributed by atoms with Gasteiger partial charge in [0.1, 0.15) is 0 Å². The first-order valence-electron chi connectivity index (χ1n) is 4.72. The van der Waals surface area contributed by atoms with Crippen LogP contribution in [-0.4, -0.2) is 38.8 Å². The molecule has 1 fully saturated rings. The van der Waals surface area contributed by atoms with Gasteiger partial charge in [-0.3, -0.25) is 0 Å². The van der Waals surface area contributed by atoms with Crippen LogP contribution in [0, 0.1) is 0 Å². The molecule has 84 valence electrons. The Balaban J connectivity index is 2.33. The van der Waals surface area contributed by atoms with Crippen molar-refractivity contribution < 1.29 is 13.2 Å². The van der Waals surface area contributed by atoms with Crippen LogP contribution in [0.2, 0.25) is 0 Å². The van der Waals surface area contributed by atoms with E-state index in [1.165, 1.54) is 0 Å². The highest BCUT2D eigenvalue weighted by Crippen LogP contribution is 2.13. The lowest BCUT2D eigenvalue weighted by molar-refractivity contribution is 0.127. The quantitative estimate of drug-likeness (QED) is 0.722. The highest BCUT2D eigenvalue weighted by atomic mass is 35.5. The van der Waals surface area contributed by atoms with E-state index in [9.17, 15) is 8.42 Å². The fourth-order valence-corrected chi connectivity index (χ4v) is 2.86. The van der Waals surface area contributed by atoms with Crippen molar-refractivity contribution in [3.05, 3.63) is 0 Å². The number of sulfonamides is 1. The summed E-state index contributed by atoms with van der Waals surface area (Å²) in [5, 5.41) is -0.186. The average Bonchev–Trinajstić information content (AvgIpc) is 2.53. The van der Waals surface area contributed by atoms with E-state index in [-0.39, 0.29) is 23.8 Å². The Labute approximate surface area is 90.0 Å². The summed E-state index contributed by atoms with van der Waals surface area (Å²) >= 11 is 5.64. The molecule has 0 aromatic heterocycles. The van der Waals surface area contributed by atoms with E-state index in [0.29, 0.717) is 6.61 Å². The van der Waals surface area contributed by atoms with Crippen LogP contribution in [0.5, 0.6) is 0 Å². The summed E-state index contributed by atoms with van der Waals surface area (Å²) in [5.41, 5.74) is 0. The number of nitrogens with one attached hydrogen (secondary N) is 1. The van der Waals surface area contributed by atoms with Crippen LogP contribution >= 0.6 is 11.6 Å². The highest BCUT2D eigenvalue weighted by molar-refractivity contribution is 7.89. The zero-order valence-corrected chi connectivity index (χ0v) is 9.77. The molecule has 1 saturated heterocycles. The molecule has 4 nitrogen and oxygen atoms in total. The van der Waals surface area contributed by atoms with Gasteiger partial charge in [0.05, 0.1) is 11.9 Å². The van der Waals surface area contributed by atoms with E-state index in [0.717, 1.165) is 12.8 Å². The summed E-state index contributed by atoms with van der Waals surface area (Å²) in [6, 6.07) is 0. The Hall–Kier alpha value is 0.160. The maximum absolute atomic E-state index is 11.4. The molecule has 6 heteroatoms. The van der Waals surface area contributed by atoms with E-state index in [1.54, 1.807) is 6.92 Å². The number of alkyl halides is 1. The van der Waals surface area contributed by atoms with E-state index in [4.69, 9.17) is 16.3 Å². The molecule has 0 bridgehead atoms. The SMILES string of the molecule is CC(Cl)CNS(=O)(=O)CC1CCCO1. The van der Waals surface area contributed by atoms with Gasteiger partial charge in [-0.2, -0.15) is 0 Å². The summed E-state index contributed by atoms with van der Waals surface area (Å²) in [5.74, 6) is 0.0522. The monoisotopic (exact) mass is 241 g/mol. The van der Waals surface area contributed by atoms with Crippen LogP contribution in [0.4, 0.5) is 0 Å². The summed E-state index contributed by atoms with van der Waals surface area (Å²) in [6.45, 7) is 2.69. The third-order valence-electron chi connectivity index (χ3n) is 2.01. The smallest absolute Gasteiger partial charge is 0.214 e. The van der Waals surface area contributed by atoms with Gasteiger partial charge in [-0.15, -0.1) is 11.6 Å². The third-order valence-corrected chi connectivity index (χ3v) is 3.59. The van der Waals surface area contributed by atoms with Crippen LogP contribution in [0.3, 0.4) is 0 Å². The molecule has 0 aromatic carbocycles. The Kier molecular flexibility index (Phi) is 4.63. The van der Waals surface area contributed by atoms with E-state index in [2.05, 4.69) is 4.72 Å². The molecular formula is C8H16ClNO3S. The third kappa shape index (κ3) is 4.59. The van der Waals surface area contributed by atoms with Crippen molar-refractivity contribution >= 4 is 21.6 Å². The number of ether oxygens (including phenoxy) is 1. The van der Waals surface area contributed by atoms with Gasteiger partial charge in [0, 0.05) is 18.5 Å². The van der Waals surface area contributed by atoms with Gasteiger partial charge >= 0.3 is 0 Å². The second-order valence-electron chi connectivity index (χ2n) is 3.55. The van der Waals surface area contributed by atoms with Crippen molar-refractivity contribution in [2.75, 3.05) is 18.9 Å². The van der Waals surface area contributed by atoms with Crippen molar-refractivity contribution in [3.8, 4) is 0 Å². The lowest BCUT2D eigenvalue weighted by Crippen LogP contribution is -2.34. The van der Waals surface area contributed by atoms with E-state index in [1.807, 2.05) is 0 Å². The van der Waals surface area contributed by atoms with Gasteiger partial charge in [-0.05, 0) is 19.8 Å². The number of halogens is 1. The summed E-state index contributed by atoms with van der Waals surface area (Å²) < 4.78 is 30.6. The summed E-state index contributed by atoms with van der Waals surface area (Å²) in [4.78, 5) is 0. The minimum absolute atomic E-state index is 0.0522. The van der Waals surface area contributed by atoms with Crippen LogP contribution in [-0.2, 0) is 14.8 Å². The molecule has 0 aromatic rings. The van der Waals surface area contributed by atoms with Gasteiger partial charge in [-0.25, -0.2) is 13.1 Å². The van der Waals surface area contributed by atoms with Crippen LogP contribution in [0.15, 0.2) is 0 Å². The van der Waals surface area contributed by atoms with Crippen molar-refractivity contribution in [3.63, 3.8) is 0 Å². The fraction of sp³-hybridized carbons (Fsp3) is 1.00. The molecule has 2 atom stereocenters. The average molecular weight is 242 g/mol. The summed E-state index contributed by atoms with van der Waals surface area (Å²) in [7, 11) is -3.22. The molecule has 0 saturated carbocycles. The zero-order chi connectivity index (χ0) is 10.6. The fourth-order valence-electron chi connectivity index (χ4n) is 1.32. The molecule has 1 rings (SSSR count). The number of hydrogen-bond donors (Lipinski definition) is 1. The van der Waals surface area contributed by atoms with Crippen molar-refractivity contribution in [1.82, 2.24) is 4.72 Å². The van der Waals surface area contributed by atoms with Crippen LogP contribution in [0.1, 0.15) is 19.8 Å². The highest BCUT2D eigenvalue weighted by Gasteiger charge is 2.23. The molecule has 0 aliphatic carbocycles. The number of rotatable bonds is 5. The molecule has 0 radical (unpaired) electrons. The standard InChI is InChI=1S/C8H16ClNO3S/c1-7(9)5-10-14(11,12)6-8-3-2-4-13-8/h7-8,10H,2-6H2,1H3. The van der Waals surface area contributed by atoms with Gasteiger partial charge in [0.2, 0.25) is 10.0 Å². The minimum Gasteiger partial charge on any atom is -0.377 e. The lowest BCUT2D eigenvalue weighted by Gasteiger charge is -2.11. The first kappa shape index (κ1) is 12.2. The molecular weight excluding hydrogens is 226 g/mol. The predicted molar refractivity (Wildman–Crippen MR) is 56.1 cm³/mol. The molecule has 14 heavy (non-hydrogen) atoms. The van der Waals surface area contributed by atoms with Crippen molar-refractivity contribution in [2.24, 2.45) is 0 Å². The van der Waals surface area contributed by atoms with E-state index < -0.39 is 10.0 Å². The van der Waals surface area contributed by atoms with Crippen LogP contribution in [0.25, 0.3) is 0 Å². The van der Waals surface area contributed by atoms with Gasteiger partial charge in [0.15, 0.2) is 0 Å². The molecule has 1 aliphatic heterocycles. The molecule has 1 N–H and O–H groups in total. The normalized spacial score (nSPS) is 25.1. The first-order valence-corrected chi connectivity index (χ1v) is 6.81. The largest absolute Gasteiger partial charge is 0.377 e. The zero-order valence-electron chi connectivity index (χ0n) is 8.20.